The van der Waals surface area contributed by atoms with Crippen LogP contribution in [0.5, 0.6) is 0 Å². The summed E-state index contributed by atoms with van der Waals surface area (Å²) in [5.41, 5.74) is 1.94. The zero-order valence-corrected chi connectivity index (χ0v) is 15.8. The van der Waals surface area contributed by atoms with E-state index in [1.807, 2.05) is 0 Å². The lowest BCUT2D eigenvalue weighted by Crippen LogP contribution is -2.13. The van der Waals surface area contributed by atoms with Crippen LogP contribution in [0.3, 0.4) is 0 Å². The van der Waals surface area contributed by atoms with Crippen LogP contribution in [0.25, 0.3) is 11.3 Å². The van der Waals surface area contributed by atoms with E-state index in [2.05, 4.69) is 10.5 Å². The van der Waals surface area contributed by atoms with Gasteiger partial charge in [-0.3, -0.25) is 4.79 Å². The van der Waals surface area contributed by atoms with Crippen LogP contribution in [0.2, 0.25) is 0 Å². The van der Waals surface area contributed by atoms with Crippen LogP contribution >= 0.6 is 11.3 Å². The van der Waals surface area contributed by atoms with E-state index in [0.29, 0.717) is 10.6 Å². The van der Waals surface area contributed by atoms with E-state index in [-0.39, 0.29) is 11.3 Å². The summed E-state index contributed by atoms with van der Waals surface area (Å²) >= 11 is 1.24. The van der Waals surface area contributed by atoms with Gasteiger partial charge in [0.1, 0.15) is 0 Å². The van der Waals surface area contributed by atoms with Crippen LogP contribution in [-0.4, -0.2) is 11.1 Å². The number of nitrogens with zero attached hydrogens (tertiary/aromatic N) is 1. The number of carbonyl (C=O) groups is 1. The molecule has 28 heavy (non-hydrogen) atoms. The minimum absolute atomic E-state index is 0.0728. The lowest BCUT2D eigenvalue weighted by Gasteiger charge is -2.14. The number of hydrogen-bond acceptors (Lipinski definition) is 4. The summed E-state index contributed by atoms with van der Waals surface area (Å²) in [4.78, 5) is 12.9. The highest BCUT2D eigenvalue weighted by Crippen LogP contribution is 2.38. The number of hydrogen-bond donors (Lipinski definition) is 1. The monoisotopic (exact) mass is 406 g/mol. The van der Waals surface area contributed by atoms with Crippen molar-refractivity contribution in [3.8, 4) is 11.3 Å². The van der Waals surface area contributed by atoms with Crippen LogP contribution in [0.15, 0.2) is 34.2 Å². The highest BCUT2D eigenvalue weighted by Gasteiger charge is 2.32. The van der Waals surface area contributed by atoms with Crippen LogP contribution in [0.4, 0.5) is 18.9 Å². The minimum Gasteiger partial charge on any atom is -0.356 e. The van der Waals surface area contributed by atoms with E-state index in [1.54, 1.807) is 18.4 Å². The zero-order valence-electron chi connectivity index (χ0n) is 15.0. The minimum atomic E-state index is -4.55. The predicted molar refractivity (Wildman–Crippen MR) is 101 cm³/mol. The molecule has 0 saturated heterocycles. The number of halogens is 3. The maximum absolute atomic E-state index is 13.4. The van der Waals surface area contributed by atoms with Gasteiger partial charge in [-0.1, -0.05) is 5.16 Å². The van der Waals surface area contributed by atoms with E-state index in [1.165, 1.54) is 17.4 Å². The first-order chi connectivity index (χ1) is 13.3. The van der Waals surface area contributed by atoms with Crippen molar-refractivity contribution < 1.29 is 22.5 Å². The highest BCUT2D eigenvalue weighted by atomic mass is 32.1. The van der Waals surface area contributed by atoms with E-state index in [9.17, 15) is 18.0 Å². The summed E-state index contributed by atoms with van der Waals surface area (Å²) in [5.74, 6) is -0.0824. The Balaban J connectivity index is 1.75. The van der Waals surface area contributed by atoms with Gasteiger partial charge in [0.15, 0.2) is 5.76 Å². The topological polar surface area (TPSA) is 55.1 Å². The average Bonchev–Trinajstić information content (AvgIpc) is 3.26. The number of benzene rings is 1. The second-order valence-corrected chi connectivity index (χ2v) is 7.74. The molecule has 1 aliphatic rings. The fourth-order valence-electron chi connectivity index (χ4n) is 3.41. The molecule has 4 rings (SSSR count). The number of nitrogens with one attached hydrogen (secondary N) is 1. The third-order valence-electron chi connectivity index (χ3n) is 4.81. The number of alkyl halides is 3. The van der Waals surface area contributed by atoms with Crippen molar-refractivity contribution in [3.05, 3.63) is 56.9 Å². The molecule has 1 amide bonds. The van der Waals surface area contributed by atoms with Crippen molar-refractivity contribution in [1.82, 2.24) is 5.16 Å². The molecule has 0 saturated carbocycles. The Morgan fingerprint density at radius 3 is 2.71 bits per heavy atom. The van der Waals surface area contributed by atoms with Gasteiger partial charge in [0.25, 0.3) is 5.91 Å². The Kier molecular flexibility index (Phi) is 4.74. The standard InChI is InChI=1S/C20H17F3N2O2S/c1-11-6-7-28-18(11)19(26)24-14-9-12(8-13(10-14)20(21,22)23)17-15-4-2-3-5-16(15)25-27-17/h6-10H,2-5H2,1H3,(H,24,26). The number of amides is 1. The Labute approximate surface area is 163 Å². The first-order valence-corrected chi connectivity index (χ1v) is 9.76. The molecule has 0 atom stereocenters. The number of fused-ring (bicyclic) bond motifs is 1. The van der Waals surface area contributed by atoms with Gasteiger partial charge in [0, 0.05) is 16.8 Å². The number of aryl methyl sites for hydroxylation is 2. The second kappa shape index (κ2) is 7.09. The second-order valence-electron chi connectivity index (χ2n) is 6.83. The molecule has 1 aliphatic carbocycles. The molecule has 146 valence electrons. The molecule has 0 spiro atoms. The normalized spacial score (nSPS) is 14.0. The molecule has 4 nitrogen and oxygen atoms in total. The molecule has 0 bridgehead atoms. The molecular formula is C20H17F3N2O2S. The first-order valence-electron chi connectivity index (χ1n) is 8.88. The Bertz CT molecular complexity index is 1040. The van der Waals surface area contributed by atoms with Crippen LogP contribution < -0.4 is 5.32 Å². The number of anilines is 1. The van der Waals surface area contributed by atoms with Crippen molar-refractivity contribution in [3.63, 3.8) is 0 Å². The van der Waals surface area contributed by atoms with Gasteiger partial charge in [-0.2, -0.15) is 13.2 Å². The lowest BCUT2D eigenvalue weighted by molar-refractivity contribution is -0.137. The third-order valence-corrected chi connectivity index (χ3v) is 5.82. The van der Waals surface area contributed by atoms with Crippen LogP contribution in [0, 0.1) is 6.92 Å². The van der Waals surface area contributed by atoms with Gasteiger partial charge in [-0.05, 0) is 67.8 Å². The van der Waals surface area contributed by atoms with Crippen molar-refractivity contribution in [1.29, 1.82) is 0 Å². The van der Waals surface area contributed by atoms with Gasteiger partial charge in [-0.25, -0.2) is 0 Å². The Morgan fingerprint density at radius 1 is 1.21 bits per heavy atom. The number of carbonyl (C=O) groups excluding carboxylic acids is 1. The quantitative estimate of drug-likeness (QED) is 0.593. The summed E-state index contributed by atoms with van der Waals surface area (Å²) < 4.78 is 45.7. The third kappa shape index (κ3) is 3.56. The number of aromatic nitrogens is 1. The van der Waals surface area contributed by atoms with Gasteiger partial charge >= 0.3 is 6.18 Å². The molecule has 1 N–H and O–H groups in total. The lowest BCUT2D eigenvalue weighted by atomic mass is 9.93. The summed E-state index contributed by atoms with van der Waals surface area (Å²) in [6.07, 6.45) is -1.13. The first kappa shape index (κ1) is 18.7. The van der Waals surface area contributed by atoms with E-state index in [4.69, 9.17) is 4.52 Å². The summed E-state index contributed by atoms with van der Waals surface area (Å²) in [5, 5.41) is 8.38. The SMILES string of the molecule is Cc1ccsc1C(=O)Nc1cc(-c2onc3c2CCCC3)cc(C(F)(F)F)c1. The van der Waals surface area contributed by atoms with Gasteiger partial charge in [0.2, 0.25) is 0 Å². The maximum Gasteiger partial charge on any atom is 0.416 e. The van der Waals surface area contributed by atoms with Crippen LogP contribution in [0.1, 0.15) is 44.9 Å². The molecule has 8 heteroatoms. The smallest absolute Gasteiger partial charge is 0.356 e. The number of thiophene rings is 1. The van der Waals surface area contributed by atoms with Gasteiger partial charge in [-0.15, -0.1) is 11.3 Å². The highest BCUT2D eigenvalue weighted by molar-refractivity contribution is 7.12. The molecule has 0 radical (unpaired) electrons. The predicted octanol–water partition coefficient (Wildman–Crippen LogP) is 5.86. The fraction of sp³-hybridized carbons (Fsp3) is 0.300. The summed E-state index contributed by atoms with van der Waals surface area (Å²) in [6, 6.07) is 5.28. The van der Waals surface area contributed by atoms with E-state index >= 15 is 0 Å². The Hall–Kier alpha value is -2.61. The maximum atomic E-state index is 13.4. The largest absolute Gasteiger partial charge is 0.416 e. The average molecular weight is 406 g/mol. The number of rotatable bonds is 3. The van der Waals surface area contributed by atoms with Gasteiger partial charge < -0.3 is 9.84 Å². The zero-order chi connectivity index (χ0) is 19.9. The molecular weight excluding hydrogens is 389 g/mol. The molecule has 3 aromatic rings. The fourth-order valence-corrected chi connectivity index (χ4v) is 4.23. The van der Waals surface area contributed by atoms with Gasteiger partial charge in [0.05, 0.1) is 16.1 Å². The van der Waals surface area contributed by atoms with E-state index < -0.39 is 17.6 Å². The summed E-state index contributed by atoms with van der Waals surface area (Å²) in [6.45, 7) is 1.78. The molecule has 2 aromatic heterocycles. The van der Waals surface area contributed by atoms with Crippen molar-refractivity contribution in [2.75, 3.05) is 5.32 Å². The van der Waals surface area contributed by atoms with Crippen molar-refractivity contribution in [2.24, 2.45) is 0 Å². The molecule has 1 aromatic carbocycles. The van der Waals surface area contributed by atoms with Crippen LogP contribution in [-0.2, 0) is 19.0 Å². The molecule has 0 unspecified atom stereocenters. The van der Waals surface area contributed by atoms with Crippen molar-refractivity contribution >= 4 is 22.9 Å². The van der Waals surface area contributed by atoms with E-state index in [0.717, 1.165) is 54.6 Å². The molecule has 2 heterocycles. The molecule has 0 aliphatic heterocycles. The summed E-state index contributed by atoms with van der Waals surface area (Å²) in [7, 11) is 0. The molecule has 0 fully saturated rings. The van der Waals surface area contributed by atoms with Crippen molar-refractivity contribution in [2.45, 2.75) is 38.8 Å². The Morgan fingerprint density at radius 2 is 2.00 bits per heavy atom.